The Morgan fingerprint density at radius 1 is 1.21 bits per heavy atom. The van der Waals surface area contributed by atoms with Crippen LogP contribution in [0.4, 0.5) is 10.3 Å². The molecule has 0 atom stereocenters. The highest BCUT2D eigenvalue weighted by atomic mass is 19.1. The predicted octanol–water partition coefficient (Wildman–Crippen LogP) is 4.38. The molecule has 3 aromatic heterocycles. The van der Waals surface area contributed by atoms with Crippen molar-refractivity contribution in [2.24, 2.45) is 0 Å². The normalized spacial score (nSPS) is 18.4. The van der Waals surface area contributed by atoms with Crippen LogP contribution in [0.15, 0.2) is 30.6 Å². The zero-order valence-corrected chi connectivity index (χ0v) is 19.4. The van der Waals surface area contributed by atoms with Crippen molar-refractivity contribution in [3.05, 3.63) is 42.2 Å². The number of ether oxygens (including phenoxy) is 2. The van der Waals surface area contributed by atoms with E-state index in [1.807, 2.05) is 25.3 Å². The Kier molecular flexibility index (Phi) is 5.76. The smallest absolute Gasteiger partial charge is 0.241 e. The van der Waals surface area contributed by atoms with E-state index in [0.29, 0.717) is 30.7 Å². The van der Waals surface area contributed by atoms with Gasteiger partial charge in [-0.25, -0.2) is 18.9 Å². The molecule has 3 heterocycles. The van der Waals surface area contributed by atoms with E-state index in [2.05, 4.69) is 38.8 Å². The largest absolute Gasteiger partial charge is 0.382 e. The number of fused-ring (bicyclic) bond motifs is 2. The summed E-state index contributed by atoms with van der Waals surface area (Å²) in [6.07, 6.45) is 5.76. The average molecular weight is 453 g/mol. The highest BCUT2D eigenvalue weighted by Crippen LogP contribution is 2.32. The van der Waals surface area contributed by atoms with E-state index in [0.717, 1.165) is 40.8 Å². The van der Waals surface area contributed by atoms with Gasteiger partial charge < -0.3 is 19.4 Å². The predicted molar refractivity (Wildman–Crippen MR) is 125 cm³/mol. The second-order valence-electron chi connectivity index (χ2n) is 8.89. The van der Waals surface area contributed by atoms with Gasteiger partial charge in [-0.1, -0.05) is 0 Å². The monoisotopic (exact) mass is 452 g/mol. The number of hydrogen-bond donors (Lipinski definition) is 1. The molecule has 8 nitrogen and oxygen atoms in total. The van der Waals surface area contributed by atoms with Crippen molar-refractivity contribution in [1.82, 2.24) is 24.1 Å². The standard InChI is InChI=1S/C24H29FN6O2/c1-14(2)31-15(3)27-23-20(25)9-16(10-21(23)31)19-5-6-30-22(19)13-26-24(29-30)28-17-11-18(12-17)33-8-7-32-4/h5-6,9-10,13-14,17-18H,7-8,11-12H2,1-4H3,(H,28,29)/t17-,18-. The molecule has 5 rings (SSSR count). The molecule has 1 aliphatic carbocycles. The SMILES string of the molecule is COCCO[C@H]1C[C@H](Nc2ncc3c(-c4cc(F)c5nc(C)n(C(C)C)c5c4)ccn3n2)C1. The Bertz CT molecular complexity index is 1290. The number of anilines is 1. The van der Waals surface area contributed by atoms with E-state index < -0.39 is 0 Å². The summed E-state index contributed by atoms with van der Waals surface area (Å²) in [5.41, 5.74) is 3.68. The molecule has 1 saturated carbocycles. The molecule has 9 heteroatoms. The van der Waals surface area contributed by atoms with Crippen molar-refractivity contribution in [3.63, 3.8) is 0 Å². The first-order valence-electron chi connectivity index (χ1n) is 11.3. The maximum Gasteiger partial charge on any atom is 0.241 e. The fraction of sp³-hybridized carbons (Fsp3) is 0.458. The number of nitrogens with zero attached hydrogens (tertiary/aromatic N) is 5. The third kappa shape index (κ3) is 4.06. The molecule has 33 heavy (non-hydrogen) atoms. The van der Waals surface area contributed by atoms with Crippen molar-refractivity contribution in [1.29, 1.82) is 0 Å². The van der Waals surface area contributed by atoms with Crippen molar-refractivity contribution in [2.75, 3.05) is 25.6 Å². The van der Waals surface area contributed by atoms with Gasteiger partial charge in [0, 0.05) is 31.0 Å². The molecule has 0 amide bonds. The average Bonchev–Trinajstić information content (AvgIpc) is 3.32. The zero-order valence-electron chi connectivity index (χ0n) is 19.4. The Labute approximate surface area is 191 Å². The van der Waals surface area contributed by atoms with Gasteiger partial charge in [-0.15, -0.1) is 5.10 Å². The molecule has 0 spiro atoms. The Morgan fingerprint density at radius 3 is 2.79 bits per heavy atom. The van der Waals surface area contributed by atoms with Crippen LogP contribution in [0.2, 0.25) is 0 Å². The molecule has 0 aliphatic heterocycles. The summed E-state index contributed by atoms with van der Waals surface area (Å²) in [5, 5.41) is 7.97. The van der Waals surface area contributed by atoms with Crippen LogP contribution in [0.1, 0.15) is 38.6 Å². The van der Waals surface area contributed by atoms with E-state index >= 15 is 0 Å². The van der Waals surface area contributed by atoms with Crippen LogP contribution in [0.3, 0.4) is 0 Å². The first-order valence-corrected chi connectivity index (χ1v) is 11.3. The molecule has 1 aromatic carbocycles. The molecule has 4 aromatic rings. The van der Waals surface area contributed by atoms with Crippen molar-refractivity contribution < 1.29 is 13.9 Å². The molecule has 1 fully saturated rings. The summed E-state index contributed by atoms with van der Waals surface area (Å²) in [5.74, 6) is 1.05. The lowest BCUT2D eigenvalue weighted by Gasteiger charge is -2.35. The molecule has 0 bridgehead atoms. The third-order valence-electron chi connectivity index (χ3n) is 6.24. The lowest BCUT2D eigenvalue weighted by molar-refractivity contribution is -0.0261. The molecule has 1 N–H and O–H groups in total. The summed E-state index contributed by atoms with van der Waals surface area (Å²) < 4.78 is 29.5. The summed E-state index contributed by atoms with van der Waals surface area (Å²) >= 11 is 0. The summed E-state index contributed by atoms with van der Waals surface area (Å²) in [6.45, 7) is 7.29. The van der Waals surface area contributed by atoms with Crippen LogP contribution < -0.4 is 5.32 Å². The minimum Gasteiger partial charge on any atom is -0.382 e. The van der Waals surface area contributed by atoms with Crippen LogP contribution in [-0.2, 0) is 9.47 Å². The van der Waals surface area contributed by atoms with Crippen LogP contribution in [0, 0.1) is 12.7 Å². The first kappa shape index (κ1) is 21.8. The molecule has 174 valence electrons. The minimum absolute atomic E-state index is 0.184. The lowest BCUT2D eigenvalue weighted by atomic mass is 9.89. The first-order chi connectivity index (χ1) is 15.9. The van der Waals surface area contributed by atoms with E-state index in [1.165, 1.54) is 0 Å². The number of rotatable bonds is 8. The van der Waals surface area contributed by atoms with Gasteiger partial charge >= 0.3 is 0 Å². The molecule has 0 radical (unpaired) electrons. The van der Waals surface area contributed by atoms with Gasteiger partial charge in [0.25, 0.3) is 0 Å². The van der Waals surface area contributed by atoms with Crippen molar-refractivity contribution >= 4 is 22.5 Å². The molecular weight excluding hydrogens is 423 g/mol. The number of aromatic nitrogens is 5. The summed E-state index contributed by atoms with van der Waals surface area (Å²) in [6, 6.07) is 5.96. The van der Waals surface area contributed by atoms with E-state index in [4.69, 9.17) is 9.47 Å². The van der Waals surface area contributed by atoms with Gasteiger partial charge in [-0.3, -0.25) is 0 Å². The fourth-order valence-electron chi connectivity index (χ4n) is 4.59. The Balaban J connectivity index is 1.37. The number of benzene rings is 1. The zero-order chi connectivity index (χ0) is 23.1. The minimum atomic E-state index is -0.323. The van der Waals surface area contributed by atoms with Crippen LogP contribution in [-0.4, -0.2) is 56.6 Å². The number of imidazole rings is 1. The molecule has 0 unspecified atom stereocenters. The third-order valence-corrected chi connectivity index (χ3v) is 6.24. The number of methoxy groups -OCH3 is 1. The van der Waals surface area contributed by atoms with E-state index in [9.17, 15) is 4.39 Å². The Hall–Kier alpha value is -3.04. The second-order valence-corrected chi connectivity index (χ2v) is 8.89. The molecular formula is C24H29FN6O2. The second kappa shape index (κ2) is 8.72. The highest BCUT2D eigenvalue weighted by molar-refractivity contribution is 5.88. The van der Waals surface area contributed by atoms with Gasteiger partial charge in [0.05, 0.1) is 36.5 Å². The number of aryl methyl sites for hydroxylation is 1. The summed E-state index contributed by atoms with van der Waals surface area (Å²) in [7, 11) is 1.67. The van der Waals surface area contributed by atoms with E-state index in [-0.39, 0.29) is 18.0 Å². The highest BCUT2D eigenvalue weighted by Gasteiger charge is 2.30. The van der Waals surface area contributed by atoms with E-state index in [1.54, 1.807) is 23.9 Å². The fourth-order valence-corrected chi connectivity index (χ4v) is 4.59. The van der Waals surface area contributed by atoms with Crippen molar-refractivity contribution in [3.8, 4) is 11.1 Å². The number of halogens is 1. The van der Waals surface area contributed by atoms with Gasteiger partial charge in [-0.05, 0) is 57.4 Å². The van der Waals surface area contributed by atoms with Gasteiger partial charge in [0.2, 0.25) is 5.95 Å². The van der Waals surface area contributed by atoms with Crippen LogP contribution in [0.25, 0.3) is 27.7 Å². The summed E-state index contributed by atoms with van der Waals surface area (Å²) in [4.78, 5) is 8.94. The number of hydrogen-bond acceptors (Lipinski definition) is 6. The molecule has 1 aliphatic rings. The topological polar surface area (TPSA) is 78.5 Å². The maximum atomic E-state index is 14.9. The van der Waals surface area contributed by atoms with Gasteiger partial charge in [-0.2, -0.15) is 0 Å². The van der Waals surface area contributed by atoms with Gasteiger partial charge in [0.1, 0.15) is 11.3 Å². The quantitative estimate of drug-likeness (QED) is 0.400. The van der Waals surface area contributed by atoms with Crippen LogP contribution >= 0.6 is 0 Å². The van der Waals surface area contributed by atoms with Gasteiger partial charge in [0.15, 0.2) is 5.82 Å². The van der Waals surface area contributed by atoms with Crippen LogP contribution in [0.5, 0.6) is 0 Å². The number of nitrogens with one attached hydrogen (secondary N) is 1. The lowest BCUT2D eigenvalue weighted by Crippen LogP contribution is -2.41. The van der Waals surface area contributed by atoms with Crippen molar-refractivity contribution in [2.45, 2.75) is 51.8 Å². The maximum absolute atomic E-state index is 14.9. The molecule has 0 saturated heterocycles. The Morgan fingerprint density at radius 2 is 2.03 bits per heavy atom.